The first kappa shape index (κ1) is 16.7. The highest BCUT2D eigenvalue weighted by molar-refractivity contribution is 6.33. The second kappa shape index (κ2) is 6.52. The van der Waals surface area contributed by atoms with E-state index in [-0.39, 0.29) is 11.9 Å². The van der Waals surface area contributed by atoms with Crippen molar-refractivity contribution in [2.24, 2.45) is 17.8 Å². The number of carbonyl (C=O) groups is 2. The Kier molecular flexibility index (Phi) is 4.36. The highest BCUT2D eigenvalue weighted by Crippen LogP contribution is 2.47. The predicted molar refractivity (Wildman–Crippen MR) is 97.9 cm³/mol. The molecule has 6 heteroatoms. The van der Waals surface area contributed by atoms with Crippen LogP contribution in [0.25, 0.3) is 0 Å². The van der Waals surface area contributed by atoms with Gasteiger partial charge in [-0.25, -0.2) is 4.79 Å². The predicted octanol–water partition coefficient (Wildman–Crippen LogP) is 3.74. The van der Waals surface area contributed by atoms with Gasteiger partial charge in [0, 0.05) is 25.2 Å². The van der Waals surface area contributed by atoms with Crippen LogP contribution in [0, 0.1) is 17.8 Å². The van der Waals surface area contributed by atoms with Gasteiger partial charge in [0.15, 0.2) is 0 Å². The first-order valence-electron chi connectivity index (χ1n) is 9.12. The molecule has 0 spiro atoms. The molecule has 2 unspecified atom stereocenters. The highest BCUT2D eigenvalue weighted by atomic mass is 35.5. The Bertz CT molecular complexity index is 694. The fourth-order valence-corrected chi connectivity index (χ4v) is 5.29. The van der Waals surface area contributed by atoms with Gasteiger partial charge in [0.1, 0.15) is 0 Å². The van der Waals surface area contributed by atoms with Crippen LogP contribution in [0.2, 0.25) is 5.02 Å². The summed E-state index contributed by atoms with van der Waals surface area (Å²) in [6.07, 6.45) is 6.15. The molecule has 1 aromatic carbocycles. The zero-order valence-corrected chi connectivity index (χ0v) is 15.2. The number of urea groups is 1. The average molecular weight is 362 g/mol. The summed E-state index contributed by atoms with van der Waals surface area (Å²) in [5.74, 6) is 2.02. The van der Waals surface area contributed by atoms with Crippen molar-refractivity contribution >= 4 is 29.2 Å². The Morgan fingerprint density at radius 3 is 2.44 bits per heavy atom. The number of hydrogen-bond acceptors (Lipinski definition) is 2. The molecule has 2 N–H and O–H groups in total. The monoisotopic (exact) mass is 361 g/mol. The molecule has 2 saturated carbocycles. The first-order chi connectivity index (χ1) is 12.0. The summed E-state index contributed by atoms with van der Waals surface area (Å²) in [4.78, 5) is 26.8. The Labute approximate surface area is 153 Å². The fourth-order valence-electron chi connectivity index (χ4n) is 5.13. The van der Waals surface area contributed by atoms with Crippen LogP contribution in [0.15, 0.2) is 18.2 Å². The standard InChI is InChI=1S/C19H24ClN3O2/c1-21-18(24)14-2-3-16(20)17(9-14)22-19(25)23-10-13-5-11-4-12(6-13)8-15(23)7-11/h2-3,9,11-13,15H,4-8,10H2,1H3,(H,21,24)(H,22,25). The number of benzene rings is 1. The molecule has 5 rings (SSSR count). The van der Waals surface area contributed by atoms with Crippen LogP contribution in [0.5, 0.6) is 0 Å². The molecule has 2 heterocycles. The molecule has 5 nitrogen and oxygen atoms in total. The molecule has 1 aromatic rings. The molecule has 4 aliphatic rings. The molecule has 2 aliphatic carbocycles. The third-order valence-corrected chi connectivity index (χ3v) is 6.39. The molecule has 134 valence electrons. The molecule has 4 bridgehead atoms. The van der Waals surface area contributed by atoms with Gasteiger partial charge in [0.25, 0.3) is 5.91 Å². The maximum atomic E-state index is 12.9. The lowest BCUT2D eigenvalue weighted by Crippen LogP contribution is -2.44. The van der Waals surface area contributed by atoms with Crippen LogP contribution in [-0.4, -0.2) is 36.5 Å². The number of amides is 3. The molecule has 0 radical (unpaired) electrons. The number of carbonyl (C=O) groups excluding carboxylic acids is 2. The summed E-state index contributed by atoms with van der Waals surface area (Å²) in [5, 5.41) is 5.98. The van der Waals surface area contributed by atoms with E-state index in [0.29, 0.717) is 28.2 Å². The van der Waals surface area contributed by atoms with Crippen LogP contribution in [-0.2, 0) is 0 Å². The minimum atomic E-state index is -0.196. The van der Waals surface area contributed by atoms with Gasteiger partial charge in [-0.1, -0.05) is 11.6 Å². The highest BCUT2D eigenvalue weighted by Gasteiger charge is 2.44. The molecule has 25 heavy (non-hydrogen) atoms. The Morgan fingerprint density at radius 1 is 1.08 bits per heavy atom. The van der Waals surface area contributed by atoms with Gasteiger partial charge < -0.3 is 15.5 Å². The van der Waals surface area contributed by atoms with Gasteiger partial charge in [-0.05, 0) is 68.1 Å². The number of nitrogens with zero attached hydrogens (tertiary/aromatic N) is 1. The summed E-state index contributed by atoms with van der Waals surface area (Å²) in [6, 6.07) is 5.20. The van der Waals surface area contributed by atoms with Gasteiger partial charge >= 0.3 is 6.03 Å². The molecule has 4 fully saturated rings. The Balaban J connectivity index is 1.53. The number of hydrogen-bond donors (Lipinski definition) is 2. The van der Waals surface area contributed by atoms with Gasteiger partial charge in [0.05, 0.1) is 10.7 Å². The van der Waals surface area contributed by atoms with Crippen LogP contribution in [0.4, 0.5) is 10.5 Å². The molecular formula is C19H24ClN3O2. The maximum absolute atomic E-state index is 12.9. The first-order valence-corrected chi connectivity index (χ1v) is 9.50. The van der Waals surface area contributed by atoms with E-state index in [1.807, 2.05) is 4.90 Å². The minimum Gasteiger partial charge on any atom is -0.355 e. The van der Waals surface area contributed by atoms with Gasteiger partial charge in [-0.15, -0.1) is 0 Å². The minimum absolute atomic E-state index is 0.0887. The lowest BCUT2D eigenvalue weighted by Gasteiger charge is -2.38. The van der Waals surface area contributed by atoms with Crippen molar-refractivity contribution in [1.82, 2.24) is 10.2 Å². The quantitative estimate of drug-likeness (QED) is 0.842. The lowest BCUT2D eigenvalue weighted by molar-refractivity contribution is 0.0963. The smallest absolute Gasteiger partial charge is 0.322 e. The van der Waals surface area contributed by atoms with E-state index in [1.54, 1.807) is 25.2 Å². The zero-order valence-electron chi connectivity index (χ0n) is 14.4. The summed E-state index contributed by atoms with van der Waals surface area (Å²) in [5.41, 5.74) is 0.981. The van der Waals surface area contributed by atoms with E-state index in [1.165, 1.54) is 19.3 Å². The zero-order chi connectivity index (χ0) is 17.6. The van der Waals surface area contributed by atoms with Gasteiger partial charge in [0.2, 0.25) is 0 Å². The van der Waals surface area contributed by atoms with Crippen LogP contribution >= 0.6 is 11.6 Å². The van der Waals surface area contributed by atoms with E-state index in [4.69, 9.17) is 11.6 Å². The summed E-state index contributed by atoms with van der Waals surface area (Å²) < 4.78 is 0. The molecule has 2 atom stereocenters. The third kappa shape index (κ3) is 3.22. The maximum Gasteiger partial charge on any atom is 0.322 e. The fraction of sp³-hybridized carbons (Fsp3) is 0.579. The Morgan fingerprint density at radius 2 is 1.76 bits per heavy atom. The van der Waals surface area contributed by atoms with Crippen molar-refractivity contribution in [2.45, 2.75) is 38.1 Å². The summed E-state index contributed by atoms with van der Waals surface area (Å²) in [6.45, 7) is 0.844. The Hall–Kier alpha value is -1.75. The number of halogens is 1. The molecule has 3 amide bonds. The van der Waals surface area contributed by atoms with Crippen molar-refractivity contribution in [2.75, 3.05) is 18.9 Å². The van der Waals surface area contributed by atoms with E-state index in [9.17, 15) is 9.59 Å². The topological polar surface area (TPSA) is 61.4 Å². The van der Waals surface area contributed by atoms with Crippen LogP contribution in [0.3, 0.4) is 0 Å². The molecule has 0 aromatic heterocycles. The van der Waals surface area contributed by atoms with Crippen molar-refractivity contribution in [1.29, 1.82) is 0 Å². The number of nitrogens with one attached hydrogen (secondary N) is 2. The SMILES string of the molecule is CNC(=O)c1ccc(Cl)c(NC(=O)N2CC3CC4CC(C3)CC2C4)c1. The number of rotatable bonds is 2. The van der Waals surface area contributed by atoms with Crippen molar-refractivity contribution < 1.29 is 9.59 Å². The second-order valence-electron chi connectivity index (χ2n) is 7.79. The van der Waals surface area contributed by atoms with E-state index in [0.717, 1.165) is 31.2 Å². The van der Waals surface area contributed by atoms with Crippen LogP contribution in [0.1, 0.15) is 42.5 Å². The van der Waals surface area contributed by atoms with Crippen molar-refractivity contribution in [3.8, 4) is 0 Å². The number of fused-ring (bicyclic) bond motifs is 1. The normalized spacial score (nSPS) is 30.1. The largest absolute Gasteiger partial charge is 0.355 e. The van der Waals surface area contributed by atoms with E-state index >= 15 is 0 Å². The second-order valence-corrected chi connectivity index (χ2v) is 8.19. The van der Waals surface area contributed by atoms with Crippen molar-refractivity contribution in [3.63, 3.8) is 0 Å². The molecule has 2 aliphatic heterocycles. The molecular weight excluding hydrogens is 338 g/mol. The number of anilines is 1. The van der Waals surface area contributed by atoms with Crippen molar-refractivity contribution in [3.05, 3.63) is 28.8 Å². The van der Waals surface area contributed by atoms with E-state index in [2.05, 4.69) is 10.6 Å². The van der Waals surface area contributed by atoms with Crippen LogP contribution < -0.4 is 10.6 Å². The summed E-state index contributed by atoms with van der Waals surface area (Å²) >= 11 is 6.24. The van der Waals surface area contributed by atoms with Gasteiger partial charge in [-0.3, -0.25) is 4.79 Å². The average Bonchev–Trinajstić information content (AvgIpc) is 2.79. The lowest BCUT2D eigenvalue weighted by atomic mass is 9.68. The van der Waals surface area contributed by atoms with Gasteiger partial charge in [-0.2, -0.15) is 0 Å². The molecule has 2 saturated heterocycles. The summed E-state index contributed by atoms with van der Waals surface area (Å²) in [7, 11) is 1.58. The third-order valence-electron chi connectivity index (χ3n) is 6.06. The van der Waals surface area contributed by atoms with E-state index < -0.39 is 0 Å².